The molecule has 0 aromatic carbocycles. The first-order valence-electron chi connectivity index (χ1n) is 2.44. The monoisotopic (exact) mass is 154 g/mol. The first-order chi connectivity index (χ1) is 4.04. The van der Waals surface area contributed by atoms with E-state index in [-0.39, 0.29) is 23.1 Å². The molecule has 0 radical (unpaired) electrons. The van der Waals surface area contributed by atoms with Crippen molar-refractivity contribution >= 4 is 35.0 Å². The van der Waals surface area contributed by atoms with Gasteiger partial charge in [0.15, 0.2) is 0 Å². The molecule has 0 saturated heterocycles. The number of carboxylic acids is 2. The predicted octanol–water partition coefficient (Wildman–Crippen LogP) is -2.87. The number of aliphatic carboxylic acids is 2. The third-order valence-electron chi connectivity index (χ3n) is 0.875. The Labute approximate surface area is 74.4 Å². The molecule has 10 heavy (non-hydrogen) atoms. The minimum Gasteiger partial charge on any atom is -0.550 e. The van der Waals surface area contributed by atoms with Crippen molar-refractivity contribution in [2.75, 3.05) is 0 Å². The van der Waals surface area contributed by atoms with Gasteiger partial charge in [-0.05, 0) is 6.42 Å². The Kier molecular flexibility index (Phi) is 6.80. The van der Waals surface area contributed by atoms with Gasteiger partial charge in [-0.3, -0.25) is 0 Å². The molecule has 0 spiro atoms. The van der Waals surface area contributed by atoms with Crippen LogP contribution in [0, 0.1) is 5.92 Å². The van der Waals surface area contributed by atoms with E-state index in [2.05, 4.69) is 0 Å². The second kappa shape index (κ2) is 5.49. The van der Waals surface area contributed by atoms with Crippen LogP contribution in [0.25, 0.3) is 0 Å². The minimum absolute atomic E-state index is 0. The quantitative estimate of drug-likeness (QED) is 0.409. The predicted molar refractivity (Wildman–Crippen MR) is 29.5 cm³/mol. The summed E-state index contributed by atoms with van der Waals surface area (Å²) < 4.78 is 0. The van der Waals surface area contributed by atoms with Crippen molar-refractivity contribution in [2.24, 2.45) is 5.92 Å². The molecule has 0 rings (SSSR count). The Morgan fingerprint density at radius 2 is 1.80 bits per heavy atom. The van der Waals surface area contributed by atoms with Crippen molar-refractivity contribution in [3.05, 3.63) is 0 Å². The van der Waals surface area contributed by atoms with E-state index in [0.29, 0.717) is 0 Å². The molecular formula is C5H6MgO4. The van der Waals surface area contributed by atoms with Crippen LogP contribution < -0.4 is 10.2 Å². The molecule has 5 heteroatoms. The Morgan fingerprint density at radius 1 is 1.40 bits per heavy atom. The second-order valence-electron chi connectivity index (χ2n) is 1.80. The number of hydrogen-bond acceptors (Lipinski definition) is 4. The number of carbonyl (C=O) groups is 2. The van der Waals surface area contributed by atoms with Gasteiger partial charge < -0.3 is 19.8 Å². The van der Waals surface area contributed by atoms with Gasteiger partial charge in [0.05, 0.1) is 0 Å². The maximum Gasteiger partial charge on any atom is 2.00 e. The van der Waals surface area contributed by atoms with Crippen molar-refractivity contribution in [1.29, 1.82) is 0 Å². The van der Waals surface area contributed by atoms with Crippen molar-refractivity contribution in [3.8, 4) is 0 Å². The Bertz CT molecular complexity index is 134. The maximum atomic E-state index is 9.83. The van der Waals surface area contributed by atoms with E-state index >= 15 is 0 Å². The summed E-state index contributed by atoms with van der Waals surface area (Å²) in [6, 6.07) is 0. The summed E-state index contributed by atoms with van der Waals surface area (Å²) in [4.78, 5) is 19.5. The summed E-state index contributed by atoms with van der Waals surface area (Å²) in [5, 5.41) is 19.5. The molecule has 0 heterocycles. The third-order valence-corrected chi connectivity index (χ3v) is 0.875. The Morgan fingerprint density at radius 3 is 1.90 bits per heavy atom. The summed E-state index contributed by atoms with van der Waals surface area (Å²) >= 11 is 0. The zero-order valence-corrected chi connectivity index (χ0v) is 7.04. The van der Waals surface area contributed by atoms with Gasteiger partial charge in [0.25, 0.3) is 0 Å². The molecule has 0 bridgehead atoms. The topological polar surface area (TPSA) is 80.3 Å². The van der Waals surface area contributed by atoms with E-state index in [9.17, 15) is 19.8 Å². The van der Waals surface area contributed by atoms with E-state index < -0.39 is 24.3 Å². The van der Waals surface area contributed by atoms with Gasteiger partial charge >= 0.3 is 23.1 Å². The SMILES string of the molecule is CC(CC(=O)[O-])C(=O)[O-].[Mg+2]. The number of hydrogen-bond donors (Lipinski definition) is 0. The summed E-state index contributed by atoms with van der Waals surface area (Å²) in [5.41, 5.74) is 0. The zero-order valence-electron chi connectivity index (χ0n) is 5.62. The maximum absolute atomic E-state index is 9.83. The van der Waals surface area contributed by atoms with Crippen molar-refractivity contribution in [1.82, 2.24) is 0 Å². The fourth-order valence-corrected chi connectivity index (χ4v) is 0.333. The van der Waals surface area contributed by atoms with Crippen LogP contribution in [0.1, 0.15) is 13.3 Å². The van der Waals surface area contributed by atoms with Gasteiger partial charge in [-0.2, -0.15) is 0 Å². The standard InChI is InChI=1S/C5H8O4.Mg/c1-3(5(8)9)2-4(6)7;/h3H,2H2,1H3,(H,6,7)(H,8,9);/q;+2/p-2. The molecule has 0 aromatic heterocycles. The molecule has 1 unspecified atom stereocenters. The van der Waals surface area contributed by atoms with Crippen LogP contribution in [0.4, 0.5) is 0 Å². The molecule has 0 aliphatic rings. The fraction of sp³-hybridized carbons (Fsp3) is 0.600. The molecule has 0 aliphatic heterocycles. The van der Waals surface area contributed by atoms with Crippen LogP contribution in [0.2, 0.25) is 0 Å². The summed E-state index contributed by atoms with van der Waals surface area (Å²) in [7, 11) is 0. The van der Waals surface area contributed by atoms with Gasteiger partial charge in [0.1, 0.15) is 0 Å². The van der Waals surface area contributed by atoms with E-state index in [1.165, 1.54) is 6.92 Å². The van der Waals surface area contributed by atoms with E-state index in [1.54, 1.807) is 0 Å². The van der Waals surface area contributed by atoms with Crippen molar-refractivity contribution < 1.29 is 19.8 Å². The summed E-state index contributed by atoms with van der Waals surface area (Å²) in [6.45, 7) is 1.26. The molecule has 0 aliphatic carbocycles. The van der Waals surface area contributed by atoms with Crippen LogP contribution in [0.15, 0.2) is 0 Å². The van der Waals surface area contributed by atoms with E-state index in [4.69, 9.17) is 0 Å². The zero-order chi connectivity index (χ0) is 7.44. The van der Waals surface area contributed by atoms with E-state index in [0.717, 1.165) is 0 Å². The fourth-order valence-electron chi connectivity index (χ4n) is 0.333. The average Bonchev–Trinajstić information content (AvgIpc) is 1.63. The Balaban J connectivity index is 0. The van der Waals surface area contributed by atoms with Crippen LogP contribution in [-0.4, -0.2) is 35.0 Å². The number of carbonyl (C=O) groups excluding carboxylic acids is 2. The van der Waals surface area contributed by atoms with Crippen LogP contribution in [-0.2, 0) is 9.59 Å². The van der Waals surface area contributed by atoms with Gasteiger partial charge in [-0.15, -0.1) is 0 Å². The largest absolute Gasteiger partial charge is 2.00 e. The van der Waals surface area contributed by atoms with Gasteiger partial charge in [0, 0.05) is 17.9 Å². The second-order valence-corrected chi connectivity index (χ2v) is 1.80. The van der Waals surface area contributed by atoms with Crippen LogP contribution in [0.3, 0.4) is 0 Å². The molecular weight excluding hydrogens is 148 g/mol. The normalized spacial score (nSPS) is 11.3. The minimum atomic E-state index is -1.37. The molecule has 0 saturated carbocycles. The van der Waals surface area contributed by atoms with Gasteiger partial charge in [-0.25, -0.2) is 0 Å². The Hall–Kier alpha value is -0.294. The molecule has 0 fully saturated rings. The number of carboxylic acid groups (broad SMARTS) is 2. The van der Waals surface area contributed by atoms with E-state index in [1.807, 2.05) is 0 Å². The first-order valence-corrected chi connectivity index (χ1v) is 2.44. The number of rotatable bonds is 3. The summed E-state index contributed by atoms with van der Waals surface area (Å²) in [6.07, 6.45) is -0.484. The molecule has 0 amide bonds. The molecule has 0 aromatic rings. The molecule has 52 valence electrons. The van der Waals surface area contributed by atoms with Crippen LogP contribution >= 0.6 is 0 Å². The smallest absolute Gasteiger partial charge is 0.550 e. The van der Waals surface area contributed by atoms with Gasteiger partial charge in [0.2, 0.25) is 0 Å². The van der Waals surface area contributed by atoms with Crippen LogP contribution in [0.5, 0.6) is 0 Å². The summed E-state index contributed by atoms with van der Waals surface area (Å²) in [5.74, 6) is -3.69. The van der Waals surface area contributed by atoms with Gasteiger partial charge in [-0.1, -0.05) is 6.92 Å². The molecule has 1 atom stereocenters. The molecule has 4 nitrogen and oxygen atoms in total. The average molecular weight is 154 g/mol. The molecule has 0 N–H and O–H groups in total. The van der Waals surface area contributed by atoms with Crippen molar-refractivity contribution in [2.45, 2.75) is 13.3 Å². The first kappa shape index (κ1) is 12.4. The third kappa shape index (κ3) is 5.84. The van der Waals surface area contributed by atoms with Crippen molar-refractivity contribution in [3.63, 3.8) is 0 Å².